The number of carboxylic acid groups (broad SMARTS) is 1. The number of phenolic OH excluding ortho intramolecular Hbond substituents is 2. The minimum Gasteiger partial charge on any atom is -0.508 e. The molecule has 172 valence electrons. The van der Waals surface area contributed by atoms with Gasteiger partial charge in [-0.05, 0) is 47.7 Å². The lowest BCUT2D eigenvalue weighted by Gasteiger charge is -2.25. The van der Waals surface area contributed by atoms with Crippen LogP contribution in [0.4, 0.5) is 0 Å². The number of aromatic hydroxyl groups is 2. The van der Waals surface area contributed by atoms with Gasteiger partial charge in [-0.1, -0.05) is 38.1 Å². The number of carbonyl (C=O) groups is 3. The number of amides is 2. The highest BCUT2D eigenvalue weighted by atomic mass is 16.4. The average Bonchev–Trinajstić information content (AvgIpc) is 2.73. The van der Waals surface area contributed by atoms with Crippen molar-refractivity contribution in [3.8, 4) is 11.5 Å². The number of nitrogens with two attached hydrogens (primary N) is 1. The summed E-state index contributed by atoms with van der Waals surface area (Å²) < 4.78 is 0. The predicted octanol–water partition coefficient (Wildman–Crippen LogP) is 0.921. The summed E-state index contributed by atoms with van der Waals surface area (Å²) in [6.45, 7) is 3.46. The van der Waals surface area contributed by atoms with Crippen molar-refractivity contribution >= 4 is 17.8 Å². The zero-order valence-corrected chi connectivity index (χ0v) is 18.0. The van der Waals surface area contributed by atoms with E-state index in [4.69, 9.17) is 5.73 Å². The van der Waals surface area contributed by atoms with Gasteiger partial charge in [0.2, 0.25) is 11.8 Å². The van der Waals surface area contributed by atoms with E-state index >= 15 is 0 Å². The molecule has 0 aliphatic carbocycles. The van der Waals surface area contributed by atoms with Gasteiger partial charge >= 0.3 is 5.97 Å². The first-order valence-electron chi connectivity index (χ1n) is 10.2. The molecule has 0 fully saturated rings. The molecule has 0 aliphatic rings. The Morgan fingerprint density at radius 3 is 1.72 bits per heavy atom. The number of aliphatic carboxylic acids is 1. The fourth-order valence-electron chi connectivity index (χ4n) is 3.10. The van der Waals surface area contributed by atoms with E-state index in [1.54, 1.807) is 38.1 Å². The van der Waals surface area contributed by atoms with Crippen LogP contribution in [0.2, 0.25) is 0 Å². The number of benzene rings is 2. The minimum absolute atomic E-state index is 0.0144. The molecule has 0 bridgehead atoms. The van der Waals surface area contributed by atoms with Crippen LogP contribution in [-0.4, -0.2) is 51.2 Å². The van der Waals surface area contributed by atoms with Crippen molar-refractivity contribution in [2.45, 2.75) is 44.8 Å². The van der Waals surface area contributed by atoms with Crippen LogP contribution in [0.1, 0.15) is 25.0 Å². The van der Waals surface area contributed by atoms with Crippen LogP contribution in [0.25, 0.3) is 0 Å². The molecular weight excluding hydrogens is 414 g/mol. The number of phenols is 2. The summed E-state index contributed by atoms with van der Waals surface area (Å²) in [6, 6.07) is 9.17. The maximum absolute atomic E-state index is 12.8. The van der Waals surface area contributed by atoms with Gasteiger partial charge in [-0.2, -0.15) is 0 Å². The normalized spacial score (nSPS) is 13.8. The SMILES string of the molecule is CC(C)[C@H](NC(=O)[C@@H](N)Cc1ccc(O)cc1)C(=O)N[C@@H](Cc1ccc(O)cc1)C(=O)O. The number of hydrogen-bond acceptors (Lipinski definition) is 6. The van der Waals surface area contributed by atoms with Gasteiger partial charge in [0.15, 0.2) is 0 Å². The third-order valence-electron chi connectivity index (χ3n) is 4.97. The first-order chi connectivity index (χ1) is 15.1. The summed E-state index contributed by atoms with van der Waals surface area (Å²) in [4.78, 5) is 37.0. The van der Waals surface area contributed by atoms with E-state index in [1.165, 1.54) is 24.3 Å². The molecule has 2 aromatic rings. The van der Waals surface area contributed by atoms with E-state index in [9.17, 15) is 29.7 Å². The molecule has 0 saturated heterocycles. The van der Waals surface area contributed by atoms with Crippen LogP contribution in [0, 0.1) is 5.92 Å². The van der Waals surface area contributed by atoms with Crippen LogP contribution >= 0.6 is 0 Å². The Morgan fingerprint density at radius 1 is 0.812 bits per heavy atom. The summed E-state index contributed by atoms with van der Waals surface area (Å²) >= 11 is 0. The van der Waals surface area contributed by atoms with Gasteiger partial charge in [-0.3, -0.25) is 9.59 Å². The smallest absolute Gasteiger partial charge is 0.326 e. The largest absolute Gasteiger partial charge is 0.508 e. The van der Waals surface area contributed by atoms with Gasteiger partial charge in [0.05, 0.1) is 6.04 Å². The third-order valence-corrected chi connectivity index (χ3v) is 4.97. The maximum atomic E-state index is 12.8. The highest BCUT2D eigenvalue weighted by molar-refractivity contribution is 5.92. The van der Waals surface area contributed by atoms with Crippen LogP contribution in [0.15, 0.2) is 48.5 Å². The first-order valence-corrected chi connectivity index (χ1v) is 10.2. The second kappa shape index (κ2) is 11.1. The Labute approximate surface area is 186 Å². The summed E-state index contributed by atoms with van der Waals surface area (Å²) in [5, 5.41) is 33.3. The number of carboxylic acids is 1. The maximum Gasteiger partial charge on any atom is 0.326 e. The lowest BCUT2D eigenvalue weighted by Crippen LogP contribution is -2.56. The van der Waals surface area contributed by atoms with Crippen LogP contribution in [0.3, 0.4) is 0 Å². The average molecular weight is 444 g/mol. The molecule has 0 aliphatic heterocycles. The molecule has 2 rings (SSSR count). The number of rotatable bonds is 10. The molecule has 9 nitrogen and oxygen atoms in total. The third kappa shape index (κ3) is 7.28. The molecule has 0 heterocycles. The van der Waals surface area contributed by atoms with Crippen molar-refractivity contribution < 1.29 is 29.7 Å². The van der Waals surface area contributed by atoms with E-state index in [1.807, 2.05) is 0 Å². The monoisotopic (exact) mass is 443 g/mol. The van der Waals surface area contributed by atoms with Gasteiger partial charge in [0, 0.05) is 6.42 Å². The zero-order chi connectivity index (χ0) is 23.8. The minimum atomic E-state index is -1.22. The summed E-state index contributed by atoms with van der Waals surface area (Å²) in [5.41, 5.74) is 7.35. The van der Waals surface area contributed by atoms with Crippen molar-refractivity contribution in [1.82, 2.24) is 10.6 Å². The highest BCUT2D eigenvalue weighted by Gasteiger charge is 2.30. The van der Waals surface area contributed by atoms with Crippen molar-refractivity contribution in [1.29, 1.82) is 0 Å². The van der Waals surface area contributed by atoms with Crippen molar-refractivity contribution in [2.24, 2.45) is 11.7 Å². The van der Waals surface area contributed by atoms with Gasteiger partial charge < -0.3 is 31.7 Å². The zero-order valence-electron chi connectivity index (χ0n) is 18.0. The van der Waals surface area contributed by atoms with E-state index in [0.717, 1.165) is 5.56 Å². The van der Waals surface area contributed by atoms with E-state index in [-0.39, 0.29) is 30.3 Å². The first kappa shape index (κ1) is 24.7. The van der Waals surface area contributed by atoms with Gasteiger partial charge in [0.1, 0.15) is 23.6 Å². The molecule has 32 heavy (non-hydrogen) atoms. The van der Waals surface area contributed by atoms with E-state index < -0.39 is 35.9 Å². The Bertz CT molecular complexity index is 928. The number of hydrogen-bond donors (Lipinski definition) is 6. The molecule has 7 N–H and O–H groups in total. The summed E-state index contributed by atoms with van der Waals surface area (Å²) in [5.74, 6) is -2.56. The van der Waals surface area contributed by atoms with Crippen molar-refractivity contribution in [3.05, 3.63) is 59.7 Å². The Kier molecular flexibility index (Phi) is 8.60. The standard InChI is InChI=1S/C23H29N3O6/c1-13(2)20(26-21(29)18(24)11-14-3-7-16(27)8-4-14)22(30)25-19(23(31)32)12-15-5-9-17(28)10-6-15/h3-10,13,18-20,27-28H,11-12,24H2,1-2H3,(H,25,30)(H,26,29)(H,31,32)/t18-,19-,20-/m0/s1. The molecule has 2 aromatic carbocycles. The van der Waals surface area contributed by atoms with Crippen molar-refractivity contribution in [3.63, 3.8) is 0 Å². The molecule has 0 saturated carbocycles. The van der Waals surface area contributed by atoms with Gasteiger partial charge in [-0.25, -0.2) is 4.79 Å². The molecule has 0 radical (unpaired) electrons. The molecule has 3 atom stereocenters. The van der Waals surface area contributed by atoms with Crippen LogP contribution in [-0.2, 0) is 27.2 Å². The fourth-order valence-corrected chi connectivity index (χ4v) is 3.10. The molecule has 9 heteroatoms. The molecule has 0 unspecified atom stereocenters. The molecule has 0 aromatic heterocycles. The topological polar surface area (TPSA) is 162 Å². The lowest BCUT2D eigenvalue weighted by molar-refractivity contribution is -0.142. The van der Waals surface area contributed by atoms with Crippen LogP contribution < -0.4 is 16.4 Å². The number of carbonyl (C=O) groups excluding carboxylic acids is 2. The van der Waals surface area contributed by atoms with Crippen LogP contribution in [0.5, 0.6) is 11.5 Å². The van der Waals surface area contributed by atoms with Gasteiger partial charge in [0.25, 0.3) is 0 Å². The Balaban J connectivity index is 2.02. The molecule has 0 spiro atoms. The molecular formula is C23H29N3O6. The van der Waals surface area contributed by atoms with Crippen molar-refractivity contribution in [2.75, 3.05) is 0 Å². The quantitative estimate of drug-likeness (QED) is 0.318. The van der Waals surface area contributed by atoms with E-state index in [2.05, 4.69) is 10.6 Å². The summed E-state index contributed by atoms with van der Waals surface area (Å²) in [6.07, 6.45) is 0.220. The van der Waals surface area contributed by atoms with E-state index in [0.29, 0.717) is 5.56 Å². The second-order valence-corrected chi connectivity index (χ2v) is 7.98. The lowest BCUT2D eigenvalue weighted by atomic mass is 10.00. The fraction of sp³-hybridized carbons (Fsp3) is 0.348. The predicted molar refractivity (Wildman–Crippen MR) is 118 cm³/mol. The number of nitrogens with one attached hydrogen (secondary N) is 2. The molecule has 2 amide bonds. The Hall–Kier alpha value is -3.59. The van der Waals surface area contributed by atoms with Gasteiger partial charge in [-0.15, -0.1) is 0 Å². The second-order valence-electron chi connectivity index (χ2n) is 7.98. The Morgan fingerprint density at radius 2 is 1.28 bits per heavy atom. The highest BCUT2D eigenvalue weighted by Crippen LogP contribution is 2.13. The summed E-state index contributed by atoms with van der Waals surface area (Å²) in [7, 11) is 0.